The zero-order chi connectivity index (χ0) is 14.7. The van der Waals surface area contributed by atoms with E-state index < -0.39 is 0 Å². The van der Waals surface area contributed by atoms with Gasteiger partial charge in [-0.05, 0) is 30.9 Å². The van der Waals surface area contributed by atoms with Crippen molar-refractivity contribution in [2.75, 3.05) is 11.9 Å². The SMILES string of the molecule is O=C1CCc2ccc(OCC(=O)NC3CCCC3)cc2N1. The van der Waals surface area contributed by atoms with Crippen molar-refractivity contribution in [1.82, 2.24) is 5.32 Å². The molecule has 1 saturated carbocycles. The van der Waals surface area contributed by atoms with Crippen molar-refractivity contribution in [3.05, 3.63) is 23.8 Å². The molecule has 5 nitrogen and oxygen atoms in total. The van der Waals surface area contributed by atoms with Crippen LogP contribution >= 0.6 is 0 Å². The number of hydrogen-bond donors (Lipinski definition) is 2. The first-order chi connectivity index (χ1) is 10.2. The number of anilines is 1. The van der Waals surface area contributed by atoms with Crippen LogP contribution in [0.15, 0.2) is 18.2 Å². The highest BCUT2D eigenvalue weighted by Gasteiger charge is 2.18. The number of fused-ring (bicyclic) bond motifs is 1. The lowest BCUT2D eigenvalue weighted by Crippen LogP contribution is -2.36. The first-order valence-electron chi connectivity index (χ1n) is 7.55. The number of rotatable bonds is 4. The Kier molecular flexibility index (Phi) is 4.08. The van der Waals surface area contributed by atoms with Gasteiger partial charge >= 0.3 is 0 Å². The lowest BCUT2D eigenvalue weighted by Gasteiger charge is -2.18. The van der Waals surface area contributed by atoms with Crippen molar-refractivity contribution in [2.45, 2.75) is 44.6 Å². The average molecular weight is 288 g/mol. The highest BCUT2D eigenvalue weighted by Crippen LogP contribution is 2.27. The fraction of sp³-hybridized carbons (Fsp3) is 0.500. The minimum absolute atomic E-state index is 0.0171. The van der Waals surface area contributed by atoms with Crippen molar-refractivity contribution in [3.8, 4) is 5.75 Å². The van der Waals surface area contributed by atoms with Crippen molar-refractivity contribution >= 4 is 17.5 Å². The van der Waals surface area contributed by atoms with Gasteiger partial charge in [-0.15, -0.1) is 0 Å². The van der Waals surface area contributed by atoms with E-state index >= 15 is 0 Å². The Bertz CT molecular complexity index is 550. The van der Waals surface area contributed by atoms with Gasteiger partial charge in [-0.1, -0.05) is 18.9 Å². The Morgan fingerprint density at radius 1 is 1.29 bits per heavy atom. The molecule has 1 heterocycles. The highest BCUT2D eigenvalue weighted by atomic mass is 16.5. The summed E-state index contributed by atoms with van der Waals surface area (Å²) in [5.41, 5.74) is 1.90. The third-order valence-electron chi connectivity index (χ3n) is 4.07. The van der Waals surface area contributed by atoms with Crippen LogP contribution in [0.5, 0.6) is 5.75 Å². The lowest BCUT2D eigenvalue weighted by molar-refractivity contribution is -0.123. The molecule has 0 bridgehead atoms. The normalized spacial score (nSPS) is 18.0. The van der Waals surface area contributed by atoms with Gasteiger partial charge in [-0.2, -0.15) is 0 Å². The molecule has 0 aromatic heterocycles. The molecule has 2 N–H and O–H groups in total. The second kappa shape index (κ2) is 6.16. The summed E-state index contributed by atoms with van der Waals surface area (Å²) in [5.74, 6) is 0.555. The smallest absolute Gasteiger partial charge is 0.258 e. The Morgan fingerprint density at radius 2 is 2.10 bits per heavy atom. The van der Waals surface area contributed by atoms with Crippen LogP contribution < -0.4 is 15.4 Å². The van der Waals surface area contributed by atoms with Crippen LogP contribution in [-0.2, 0) is 16.0 Å². The molecule has 112 valence electrons. The third-order valence-corrected chi connectivity index (χ3v) is 4.07. The van der Waals surface area contributed by atoms with Crippen molar-refractivity contribution in [2.24, 2.45) is 0 Å². The van der Waals surface area contributed by atoms with Gasteiger partial charge < -0.3 is 15.4 Å². The number of carbonyl (C=O) groups excluding carboxylic acids is 2. The molecule has 1 fully saturated rings. The maximum Gasteiger partial charge on any atom is 0.258 e. The summed E-state index contributed by atoms with van der Waals surface area (Å²) in [5, 5.41) is 5.81. The highest BCUT2D eigenvalue weighted by molar-refractivity contribution is 5.94. The summed E-state index contributed by atoms with van der Waals surface area (Å²) in [6.45, 7) is 0.0171. The first-order valence-corrected chi connectivity index (χ1v) is 7.55. The van der Waals surface area contributed by atoms with Crippen LogP contribution in [0.25, 0.3) is 0 Å². The van der Waals surface area contributed by atoms with Crippen LogP contribution in [0.3, 0.4) is 0 Å². The molecule has 2 aliphatic rings. The molecule has 0 radical (unpaired) electrons. The predicted molar refractivity (Wildman–Crippen MR) is 79.3 cm³/mol. The predicted octanol–water partition coefficient (Wildman–Crippen LogP) is 2.01. The Labute approximate surface area is 124 Å². The molecule has 3 rings (SSSR count). The summed E-state index contributed by atoms with van der Waals surface area (Å²) in [6.07, 6.45) is 5.79. The molecule has 5 heteroatoms. The van der Waals surface area contributed by atoms with Gasteiger partial charge in [-0.3, -0.25) is 9.59 Å². The van der Waals surface area contributed by atoms with E-state index in [0.717, 1.165) is 30.5 Å². The van der Waals surface area contributed by atoms with E-state index in [9.17, 15) is 9.59 Å². The largest absolute Gasteiger partial charge is 0.484 e. The van der Waals surface area contributed by atoms with Gasteiger partial charge in [0, 0.05) is 24.2 Å². The van der Waals surface area contributed by atoms with E-state index in [4.69, 9.17) is 4.74 Å². The first kappa shape index (κ1) is 13.9. The number of carbonyl (C=O) groups is 2. The van der Waals surface area contributed by atoms with Crippen LogP contribution in [-0.4, -0.2) is 24.5 Å². The molecule has 1 aromatic rings. The monoisotopic (exact) mass is 288 g/mol. The van der Waals surface area contributed by atoms with Crippen molar-refractivity contribution < 1.29 is 14.3 Å². The molecular formula is C16H20N2O3. The molecule has 0 spiro atoms. The molecule has 0 unspecified atom stereocenters. The number of amides is 2. The Balaban J connectivity index is 1.54. The van der Waals surface area contributed by atoms with Crippen molar-refractivity contribution in [3.63, 3.8) is 0 Å². The van der Waals surface area contributed by atoms with E-state index in [2.05, 4.69) is 10.6 Å². The van der Waals surface area contributed by atoms with E-state index in [-0.39, 0.29) is 18.4 Å². The van der Waals surface area contributed by atoms with Crippen LogP contribution in [0.4, 0.5) is 5.69 Å². The average Bonchev–Trinajstić information content (AvgIpc) is 2.97. The van der Waals surface area contributed by atoms with E-state index in [1.165, 1.54) is 12.8 Å². The number of nitrogens with one attached hydrogen (secondary N) is 2. The molecule has 1 aromatic carbocycles. The second-order valence-electron chi connectivity index (χ2n) is 5.70. The summed E-state index contributed by atoms with van der Waals surface area (Å²) < 4.78 is 5.52. The fourth-order valence-electron chi connectivity index (χ4n) is 2.93. The van der Waals surface area contributed by atoms with E-state index in [1.54, 1.807) is 6.07 Å². The maximum atomic E-state index is 11.8. The molecule has 0 atom stereocenters. The molecule has 1 aliphatic heterocycles. The summed E-state index contributed by atoms with van der Waals surface area (Å²) in [7, 11) is 0. The summed E-state index contributed by atoms with van der Waals surface area (Å²) >= 11 is 0. The molecule has 2 amide bonds. The quantitative estimate of drug-likeness (QED) is 0.890. The van der Waals surface area contributed by atoms with Crippen molar-refractivity contribution in [1.29, 1.82) is 0 Å². The number of ether oxygens (including phenoxy) is 1. The number of aryl methyl sites for hydroxylation is 1. The topological polar surface area (TPSA) is 67.4 Å². The minimum Gasteiger partial charge on any atom is -0.484 e. The number of benzene rings is 1. The number of hydrogen-bond acceptors (Lipinski definition) is 3. The fourth-order valence-corrected chi connectivity index (χ4v) is 2.93. The van der Waals surface area contributed by atoms with Crippen LogP contribution in [0, 0.1) is 0 Å². The summed E-state index contributed by atoms with van der Waals surface area (Å²) in [6, 6.07) is 5.89. The van der Waals surface area contributed by atoms with Crippen LogP contribution in [0.2, 0.25) is 0 Å². The zero-order valence-electron chi connectivity index (χ0n) is 12.0. The molecule has 21 heavy (non-hydrogen) atoms. The minimum atomic E-state index is -0.0799. The lowest BCUT2D eigenvalue weighted by atomic mass is 10.0. The third kappa shape index (κ3) is 3.54. The van der Waals surface area contributed by atoms with Gasteiger partial charge in [0.25, 0.3) is 5.91 Å². The van der Waals surface area contributed by atoms with E-state index in [1.807, 2.05) is 12.1 Å². The van der Waals surface area contributed by atoms with Gasteiger partial charge in [0.1, 0.15) is 5.75 Å². The van der Waals surface area contributed by atoms with Crippen LogP contribution in [0.1, 0.15) is 37.7 Å². The second-order valence-corrected chi connectivity index (χ2v) is 5.70. The van der Waals surface area contributed by atoms with Gasteiger partial charge in [0.2, 0.25) is 5.91 Å². The Hall–Kier alpha value is -2.04. The molecule has 0 saturated heterocycles. The summed E-state index contributed by atoms with van der Waals surface area (Å²) in [4.78, 5) is 23.2. The standard InChI is InChI=1S/C16H20N2O3/c19-15-8-6-11-5-7-13(9-14(11)18-15)21-10-16(20)17-12-3-1-2-4-12/h5,7,9,12H,1-4,6,8,10H2,(H,17,20)(H,18,19). The van der Waals surface area contributed by atoms with Gasteiger partial charge in [0.15, 0.2) is 6.61 Å². The molecular weight excluding hydrogens is 268 g/mol. The Morgan fingerprint density at radius 3 is 2.90 bits per heavy atom. The van der Waals surface area contributed by atoms with Gasteiger partial charge in [0.05, 0.1) is 0 Å². The molecule has 1 aliphatic carbocycles. The maximum absolute atomic E-state index is 11.8. The van der Waals surface area contributed by atoms with E-state index in [0.29, 0.717) is 18.2 Å². The zero-order valence-corrected chi connectivity index (χ0v) is 12.0. The van der Waals surface area contributed by atoms with Gasteiger partial charge in [-0.25, -0.2) is 0 Å².